The van der Waals surface area contributed by atoms with Crippen molar-refractivity contribution in [3.05, 3.63) is 87.6 Å². The number of nitro benzene ring substituents is 1. The van der Waals surface area contributed by atoms with E-state index in [4.69, 9.17) is 16.3 Å². The summed E-state index contributed by atoms with van der Waals surface area (Å²) in [6.45, 7) is 2.03. The molecule has 1 amide bonds. The van der Waals surface area contributed by atoms with Crippen LogP contribution in [0.1, 0.15) is 10.4 Å². The van der Waals surface area contributed by atoms with Gasteiger partial charge < -0.3 is 14.5 Å². The lowest BCUT2D eigenvalue weighted by atomic mass is 10.1. The van der Waals surface area contributed by atoms with Crippen LogP contribution in [-0.4, -0.2) is 46.9 Å². The summed E-state index contributed by atoms with van der Waals surface area (Å²) in [7, 11) is 0. The number of hydrogen-bond acceptors (Lipinski definition) is 6. The normalized spacial score (nSPS) is 13.7. The van der Waals surface area contributed by atoms with Crippen LogP contribution in [0.3, 0.4) is 0 Å². The van der Waals surface area contributed by atoms with Crippen LogP contribution in [0.5, 0.6) is 11.5 Å². The molecule has 0 unspecified atom stereocenters. The average Bonchev–Trinajstić information content (AvgIpc) is 2.79. The molecule has 1 aliphatic heterocycles. The van der Waals surface area contributed by atoms with Gasteiger partial charge in [0.25, 0.3) is 11.6 Å². The molecule has 158 valence electrons. The second-order valence-electron chi connectivity index (χ2n) is 6.95. The summed E-state index contributed by atoms with van der Waals surface area (Å²) in [6.07, 6.45) is 0. The van der Waals surface area contributed by atoms with Gasteiger partial charge in [-0.05, 0) is 30.3 Å². The van der Waals surface area contributed by atoms with E-state index in [1.54, 1.807) is 23.1 Å². The predicted molar refractivity (Wildman–Crippen MR) is 117 cm³/mol. The molecular formula is C22H19ClN4O4. The Morgan fingerprint density at radius 2 is 1.74 bits per heavy atom. The third kappa shape index (κ3) is 4.75. The third-order valence-electron chi connectivity index (χ3n) is 4.97. The second kappa shape index (κ2) is 9.01. The molecule has 0 bridgehead atoms. The maximum atomic E-state index is 13.3. The van der Waals surface area contributed by atoms with Crippen LogP contribution in [0.2, 0.25) is 5.15 Å². The molecule has 0 aliphatic carbocycles. The number of anilines is 1. The highest BCUT2D eigenvalue weighted by atomic mass is 35.5. The van der Waals surface area contributed by atoms with Gasteiger partial charge >= 0.3 is 0 Å². The van der Waals surface area contributed by atoms with Crippen LogP contribution in [0.25, 0.3) is 0 Å². The zero-order chi connectivity index (χ0) is 21.8. The lowest BCUT2D eigenvalue weighted by molar-refractivity contribution is -0.384. The van der Waals surface area contributed by atoms with E-state index in [2.05, 4.69) is 4.98 Å². The summed E-state index contributed by atoms with van der Waals surface area (Å²) in [4.78, 5) is 32.0. The molecule has 8 nitrogen and oxygen atoms in total. The number of carbonyl (C=O) groups is 1. The van der Waals surface area contributed by atoms with Crippen molar-refractivity contribution in [3.8, 4) is 11.5 Å². The van der Waals surface area contributed by atoms with Crippen molar-refractivity contribution in [2.24, 2.45) is 0 Å². The Morgan fingerprint density at radius 3 is 2.42 bits per heavy atom. The van der Waals surface area contributed by atoms with Gasteiger partial charge in [-0.15, -0.1) is 0 Å². The zero-order valence-corrected chi connectivity index (χ0v) is 17.2. The number of nitro groups is 1. The quantitative estimate of drug-likeness (QED) is 0.333. The van der Waals surface area contributed by atoms with Crippen molar-refractivity contribution in [2.45, 2.75) is 0 Å². The largest absolute Gasteiger partial charge is 0.457 e. The summed E-state index contributed by atoms with van der Waals surface area (Å²) >= 11 is 5.98. The Labute approximate surface area is 183 Å². The van der Waals surface area contributed by atoms with E-state index in [0.717, 1.165) is 5.82 Å². The van der Waals surface area contributed by atoms with E-state index in [9.17, 15) is 14.9 Å². The first-order chi connectivity index (χ1) is 15.0. The monoisotopic (exact) mass is 438 g/mol. The number of benzene rings is 2. The zero-order valence-electron chi connectivity index (χ0n) is 16.5. The third-order valence-corrected chi connectivity index (χ3v) is 5.18. The number of halogens is 1. The van der Waals surface area contributed by atoms with Crippen LogP contribution in [0.15, 0.2) is 66.7 Å². The molecule has 9 heteroatoms. The Hall–Kier alpha value is -3.65. The lowest BCUT2D eigenvalue weighted by Gasteiger charge is -2.35. The number of carbonyl (C=O) groups excluding carboxylic acids is 1. The van der Waals surface area contributed by atoms with Crippen molar-refractivity contribution in [1.29, 1.82) is 0 Å². The lowest BCUT2D eigenvalue weighted by Crippen LogP contribution is -2.49. The van der Waals surface area contributed by atoms with Crippen molar-refractivity contribution in [3.63, 3.8) is 0 Å². The molecular weight excluding hydrogens is 420 g/mol. The van der Waals surface area contributed by atoms with Gasteiger partial charge in [-0.1, -0.05) is 35.9 Å². The Morgan fingerprint density at radius 1 is 1.00 bits per heavy atom. The summed E-state index contributed by atoms with van der Waals surface area (Å²) in [5.41, 5.74) is -0.00194. The summed E-state index contributed by atoms with van der Waals surface area (Å²) in [6, 6.07) is 18.5. The van der Waals surface area contributed by atoms with E-state index < -0.39 is 4.92 Å². The SMILES string of the molecule is O=C(c1cc([N+](=O)[O-])ccc1Oc1ccccc1)N1CCN(c2cccc(Cl)n2)CC1. The van der Waals surface area contributed by atoms with Gasteiger partial charge in [-0.3, -0.25) is 14.9 Å². The number of para-hydroxylation sites is 1. The Balaban J connectivity index is 1.54. The molecule has 0 spiro atoms. The van der Waals surface area contributed by atoms with Gasteiger partial charge in [0.2, 0.25) is 0 Å². The van der Waals surface area contributed by atoms with Gasteiger partial charge in [0.1, 0.15) is 22.5 Å². The Bertz CT molecular complexity index is 1100. The van der Waals surface area contributed by atoms with Crippen LogP contribution >= 0.6 is 11.6 Å². The fourth-order valence-corrected chi connectivity index (χ4v) is 3.55. The second-order valence-corrected chi connectivity index (χ2v) is 7.34. The van der Waals surface area contributed by atoms with E-state index >= 15 is 0 Å². The maximum Gasteiger partial charge on any atom is 0.270 e. The van der Waals surface area contributed by atoms with Gasteiger partial charge in [0.05, 0.1) is 10.5 Å². The van der Waals surface area contributed by atoms with Crippen molar-refractivity contribution < 1.29 is 14.5 Å². The van der Waals surface area contributed by atoms with Crippen LogP contribution in [0.4, 0.5) is 11.5 Å². The number of aromatic nitrogens is 1. The minimum absolute atomic E-state index is 0.160. The minimum Gasteiger partial charge on any atom is -0.457 e. The number of nitrogens with zero attached hydrogens (tertiary/aromatic N) is 4. The fourth-order valence-electron chi connectivity index (χ4n) is 3.39. The first kappa shape index (κ1) is 20.6. The first-order valence-corrected chi connectivity index (χ1v) is 10.1. The van der Waals surface area contributed by atoms with Gasteiger partial charge in [-0.2, -0.15) is 0 Å². The number of amides is 1. The Kier molecular flexibility index (Phi) is 5.99. The summed E-state index contributed by atoms with van der Waals surface area (Å²) < 4.78 is 5.85. The average molecular weight is 439 g/mol. The van der Waals surface area contributed by atoms with E-state index in [-0.39, 0.29) is 22.9 Å². The molecule has 1 aromatic heterocycles. The molecule has 1 saturated heterocycles. The number of piperazine rings is 1. The van der Waals surface area contributed by atoms with Gasteiger partial charge in [-0.25, -0.2) is 4.98 Å². The van der Waals surface area contributed by atoms with E-state index in [0.29, 0.717) is 37.1 Å². The van der Waals surface area contributed by atoms with Crippen molar-refractivity contribution in [2.75, 3.05) is 31.1 Å². The number of hydrogen-bond donors (Lipinski definition) is 0. The summed E-state index contributed by atoms with van der Waals surface area (Å²) in [5, 5.41) is 11.7. The van der Waals surface area contributed by atoms with Crippen LogP contribution < -0.4 is 9.64 Å². The summed E-state index contributed by atoms with van der Waals surface area (Å²) in [5.74, 6) is 1.26. The first-order valence-electron chi connectivity index (χ1n) is 9.69. The molecule has 0 saturated carbocycles. The maximum absolute atomic E-state index is 13.3. The molecule has 0 radical (unpaired) electrons. The number of ether oxygens (including phenoxy) is 1. The molecule has 3 aromatic rings. The van der Waals surface area contributed by atoms with E-state index in [1.807, 2.05) is 35.2 Å². The van der Waals surface area contributed by atoms with Gasteiger partial charge in [0, 0.05) is 38.3 Å². The molecule has 31 heavy (non-hydrogen) atoms. The molecule has 1 aliphatic rings. The van der Waals surface area contributed by atoms with Crippen molar-refractivity contribution in [1.82, 2.24) is 9.88 Å². The molecule has 0 atom stereocenters. The smallest absolute Gasteiger partial charge is 0.270 e. The molecule has 1 fully saturated rings. The number of pyridine rings is 1. The van der Waals surface area contributed by atoms with Crippen LogP contribution in [-0.2, 0) is 0 Å². The minimum atomic E-state index is -0.522. The van der Waals surface area contributed by atoms with E-state index in [1.165, 1.54) is 18.2 Å². The number of non-ortho nitro benzene ring substituents is 1. The highest BCUT2D eigenvalue weighted by molar-refractivity contribution is 6.29. The topological polar surface area (TPSA) is 88.8 Å². The van der Waals surface area contributed by atoms with Gasteiger partial charge in [0.15, 0.2) is 0 Å². The molecule has 4 rings (SSSR count). The number of rotatable bonds is 5. The van der Waals surface area contributed by atoms with Crippen LogP contribution in [0, 0.1) is 10.1 Å². The molecule has 2 heterocycles. The van der Waals surface area contributed by atoms with Crippen molar-refractivity contribution >= 4 is 29.0 Å². The highest BCUT2D eigenvalue weighted by Gasteiger charge is 2.27. The fraction of sp³-hybridized carbons (Fsp3) is 0.182. The predicted octanol–water partition coefficient (Wildman–Crippen LogP) is 4.40. The standard InChI is InChI=1S/C22H19ClN4O4/c23-20-7-4-8-21(24-20)25-11-13-26(14-12-25)22(28)18-15-16(27(29)30)9-10-19(18)31-17-5-2-1-3-6-17/h1-10,15H,11-14H2. The highest BCUT2D eigenvalue weighted by Crippen LogP contribution is 2.30. The molecule has 2 aromatic carbocycles. The molecule has 0 N–H and O–H groups in total.